The summed E-state index contributed by atoms with van der Waals surface area (Å²) in [6.45, 7) is 6.17. The first kappa shape index (κ1) is 18.8. The summed E-state index contributed by atoms with van der Waals surface area (Å²) in [5, 5.41) is 3.03. The van der Waals surface area contributed by atoms with Gasteiger partial charge in [-0.25, -0.2) is 0 Å². The fraction of sp³-hybridized carbons (Fsp3) is 0.435. The van der Waals surface area contributed by atoms with Crippen LogP contribution in [0.4, 0.5) is 11.4 Å². The van der Waals surface area contributed by atoms with Crippen molar-refractivity contribution in [2.24, 2.45) is 0 Å². The number of ether oxygens (including phenoxy) is 1. The van der Waals surface area contributed by atoms with E-state index < -0.39 is 0 Å². The van der Waals surface area contributed by atoms with Crippen LogP contribution in [0, 0.1) is 0 Å². The average molecular weight is 380 g/mol. The van der Waals surface area contributed by atoms with E-state index in [1.54, 1.807) is 0 Å². The van der Waals surface area contributed by atoms with Gasteiger partial charge in [0.1, 0.15) is 0 Å². The lowest BCUT2D eigenvalue weighted by Gasteiger charge is -2.29. The third-order valence-corrected chi connectivity index (χ3v) is 5.62. The predicted octanol–water partition coefficient (Wildman–Crippen LogP) is 3.44. The van der Waals surface area contributed by atoms with Crippen LogP contribution < -0.4 is 15.1 Å². The molecule has 0 atom stereocenters. The fourth-order valence-corrected chi connectivity index (χ4v) is 3.91. The van der Waals surface area contributed by atoms with E-state index in [-0.39, 0.29) is 5.91 Å². The number of piperidine rings is 1. The normalized spacial score (nSPS) is 17.4. The first-order valence-electron chi connectivity index (χ1n) is 10.3. The van der Waals surface area contributed by atoms with Gasteiger partial charge in [-0.2, -0.15) is 0 Å². The molecule has 0 aromatic heterocycles. The van der Waals surface area contributed by atoms with Gasteiger partial charge < -0.3 is 19.9 Å². The summed E-state index contributed by atoms with van der Waals surface area (Å²) in [4.78, 5) is 17.2. The van der Waals surface area contributed by atoms with Crippen LogP contribution in [0.15, 0.2) is 48.5 Å². The number of rotatable bonds is 5. The lowest BCUT2D eigenvalue weighted by molar-refractivity contribution is 0.0951. The van der Waals surface area contributed by atoms with Crippen LogP contribution in [0.25, 0.3) is 0 Å². The molecule has 2 aliphatic rings. The van der Waals surface area contributed by atoms with Crippen molar-refractivity contribution >= 4 is 17.3 Å². The molecular weight excluding hydrogens is 350 g/mol. The summed E-state index contributed by atoms with van der Waals surface area (Å²) >= 11 is 0. The molecule has 0 saturated carbocycles. The Kier molecular flexibility index (Phi) is 6.12. The molecule has 2 fully saturated rings. The van der Waals surface area contributed by atoms with Gasteiger partial charge in [0, 0.05) is 49.7 Å². The van der Waals surface area contributed by atoms with Crippen molar-refractivity contribution < 1.29 is 9.53 Å². The summed E-state index contributed by atoms with van der Waals surface area (Å²) in [5.41, 5.74) is 4.25. The van der Waals surface area contributed by atoms with E-state index in [0.717, 1.165) is 50.6 Å². The standard InChI is InChI=1S/C23H29N3O2/c27-23(20-6-10-22(11-7-20)26-14-16-28-17-15-26)24-18-19-4-8-21(9-5-19)25-12-2-1-3-13-25/h4-11H,1-3,12-18H2,(H,24,27). The van der Waals surface area contributed by atoms with Gasteiger partial charge in [0.25, 0.3) is 5.91 Å². The number of morpholine rings is 1. The SMILES string of the molecule is O=C(NCc1ccc(N2CCCCC2)cc1)c1ccc(N2CCOCC2)cc1. The molecule has 1 amide bonds. The first-order chi connectivity index (χ1) is 13.8. The van der Waals surface area contributed by atoms with Gasteiger partial charge >= 0.3 is 0 Å². The number of hydrogen-bond acceptors (Lipinski definition) is 4. The predicted molar refractivity (Wildman–Crippen MR) is 113 cm³/mol. The summed E-state index contributed by atoms with van der Waals surface area (Å²) in [6.07, 6.45) is 3.90. The Morgan fingerprint density at radius 2 is 1.36 bits per heavy atom. The minimum atomic E-state index is -0.0337. The smallest absolute Gasteiger partial charge is 0.251 e. The molecule has 2 aliphatic heterocycles. The Labute approximate surface area is 167 Å². The molecule has 0 radical (unpaired) electrons. The van der Waals surface area contributed by atoms with E-state index in [2.05, 4.69) is 39.4 Å². The lowest BCUT2D eigenvalue weighted by atomic mass is 10.1. The van der Waals surface area contributed by atoms with Crippen molar-refractivity contribution in [3.8, 4) is 0 Å². The Bertz CT molecular complexity index is 761. The molecule has 2 saturated heterocycles. The molecule has 0 unspecified atom stereocenters. The minimum absolute atomic E-state index is 0.0337. The maximum atomic E-state index is 12.5. The molecule has 148 valence electrons. The largest absolute Gasteiger partial charge is 0.378 e. The Morgan fingerprint density at radius 3 is 2.00 bits per heavy atom. The highest BCUT2D eigenvalue weighted by atomic mass is 16.5. The van der Waals surface area contributed by atoms with Gasteiger partial charge in [0.05, 0.1) is 13.2 Å². The van der Waals surface area contributed by atoms with Crippen LogP contribution in [0.5, 0.6) is 0 Å². The van der Waals surface area contributed by atoms with Gasteiger partial charge in [0.15, 0.2) is 0 Å². The second-order valence-electron chi connectivity index (χ2n) is 7.54. The number of amides is 1. The Morgan fingerprint density at radius 1 is 0.786 bits per heavy atom. The number of nitrogens with zero attached hydrogens (tertiary/aromatic N) is 2. The molecule has 0 bridgehead atoms. The van der Waals surface area contributed by atoms with Gasteiger partial charge in [-0.05, 0) is 61.2 Å². The van der Waals surface area contributed by atoms with Crippen LogP contribution in [0.3, 0.4) is 0 Å². The molecule has 0 spiro atoms. The van der Waals surface area contributed by atoms with Crippen LogP contribution in [-0.4, -0.2) is 45.3 Å². The maximum Gasteiger partial charge on any atom is 0.251 e. The molecule has 5 heteroatoms. The molecule has 5 nitrogen and oxygen atoms in total. The van der Waals surface area contributed by atoms with E-state index in [9.17, 15) is 4.79 Å². The van der Waals surface area contributed by atoms with Crippen molar-refractivity contribution in [3.63, 3.8) is 0 Å². The topological polar surface area (TPSA) is 44.8 Å². The van der Waals surface area contributed by atoms with Crippen LogP contribution >= 0.6 is 0 Å². The highest BCUT2D eigenvalue weighted by molar-refractivity contribution is 5.94. The summed E-state index contributed by atoms with van der Waals surface area (Å²) in [6, 6.07) is 16.4. The fourth-order valence-electron chi connectivity index (χ4n) is 3.91. The van der Waals surface area contributed by atoms with Gasteiger partial charge in [-0.3, -0.25) is 4.79 Å². The third kappa shape index (κ3) is 4.65. The van der Waals surface area contributed by atoms with Crippen molar-refractivity contribution in [1.29, 1.82) is 0 Å². The van der Waals surface area contributed by atoms with Crippen LogP contribution in [0.1, 0.15) is 35.2 Å². The molecule has 2 heterocycles. The number of anilines is 2. The third-order valence-electron chi connectivity index (χ3n) is 5.62. The highest BCUT2D eigenvalue weighted by Crippen LogP contribution is 2.20. The molecular formula is C23H29N3O2. The molecule has 4 rings (SSSR count). The summed E-state index contributed by atoms with van der Waals surface area (Å²) < 4.78 is 5.39. The summed E-state index contributed by atoms with van der Waals surface area (Å²) in [5.74, 6) is -0.0337. The Hall–Kier alpha value is -2.53. The van der Waals surface area contributed by atoms with E-state index >= 15 is 0 Å². The van der Waals surface area contributed by atoms with Gasteiger partial charge in [-0.15, -0.1) is 0 Å². The molecule has 28 heavy (non-hydrogen) atoms. The average Bonchev–Trinajstić information content (AvgIpc) is 2.79. The second-order valence-corrected chi connectivity index (χ2v) is 7.54. The molecule has 0 aliphatic carbocycles. The minimum Gasteiger partial charge on any atom is -0.378 e. The number of carbonyl (C=O) groups excluding carboxylic acids is 1. The Balaban J connectivity index is 1.30. The number of carbonyl (C=O) groups is 1. The zero-order chi connectivity index (χ0) is 19.2. The van der Waals surface area contributed by atoms with E-state index in [1.165, 1.54) is 24.9 Å². The van der Waals surface area contributed by atoms with Crippen LogP contribution in [0.2, 0.25) is 0 Å². The second kappa shape index (κ2) is 9.11. The highest BCUT2D eigenvalue weighted by Gasteiger charge is 2.13. The number of nitrogens with one attached hydrogen (secondary N) is 1. The number of benzene rings is 2. The van der Waals surface area contributed by atoms with Crippen LogP contribution in [-0.2, 0) is 11.3 Å². The first-order valence-corrected chi connectivity index (χ1v) is 10.3. The van der Waals surface area contributed by atoms with E-state index in [0.29, 0.717) is 12.1 Å². The van der Waals surface area contributed by atoms with Gasteiger partial charge in [-0.1, -0.05) is 12.1 Å². The van der Waals surface area contributed by atoms with Gasteiger partial charge in [0.2, 0.25) is 0 Å². The lowest BCUT2D eigenvalue weighted by Crippen LogP contribution is -2.36. The molecule has 2 aromatic rings. The summed E-state index contributed by atoms with van der Waals surface area (Å²) in [7, 11) is 0. The maximum absolute atomic E-state index is 12.5. The van der Waals surface area contributed by atoms with Crippen molar-refractivity contribution in [2.75, 3.05) is 49.2 Å². The van der Waals surface area contributed by atoms with E-state index in [4.69, 9.17) is 4.74 Å². The van der Waals surface area contributed by atoms with Crippen molar-refractivity contribution in [1.82, 2.24) is 5.32 Å². The molecule has 1 N–H and O–H groups in total. The quantitative estimate of drug-likeness (QED) is 0.864. The zero-order valence-corrected chi connectivity index (χ0v) is 16.4. The van der Waals surface area contributed by atoms with E-state index in [1.807, 2.05) is 24.3 Å². The number of hydrogen-bond donors (Lipinski definition) is 1. The molecule has 2 aromatic carbocycles. The monoisotopic (exact) mass is 379 g/mol. The van der Waals surface area contributed by atoms with Crippen molar-refractivity contribution in [3.05, 3.63) is 59.7 Å². The zero-order valence-electron chi connectivity index (χ0n) is 16.4. The van der Waals surface area contributed by atoms with Crippen molar-refractivity contribution in [2.45, 2.75) is 25.8 Å².